The number of hydrogen-bond donors (Lipinski definition) is 0. The van der Waals surface area contributed by atoms with Gasteiger partial charge in [-0.2, -0.15) is 5.10 Å². The molecule has 6 heteroatoms. The smallest absolute Gasteiger partial charge is 0.257 e. The molecule has 3 heterocycles. The van der Waals surface area contributed by atoms with Crippen molar-refractivity contribution < 1.29 is 4.79 Å². The molecule has 1 saturated heterocycles. The maximum Gasteiger partial charge on any atom is 0.257 e. The number of pyridine rings is 1. The Bertz CT molecular complexity index is 1000. The molecule has 5 nitrogen and oxygen atoms in total. The average molecular weight is 423 g/mol. The fourth-order valence-corrected chi connectivity index (χ4v) is 5.07. The maximum absolute atomic E-state index is 12.9. The van der Waals surface area contributed by atoms with Crippen molar-refractivity contribution in [3.05, 3.63) is 65.5 Å². The van der Waals surface area contributed by atoms with Crippen LogP contribution >= 0.6 is 11.9 Å². The minimum Gasteiger partial charge on any atom is -0.339 e. The third-order valence-electron chi connectivity index (χ3n) is 6.01. The van der Waals surface area contributed by atoms with E-state index < -0.39 is 0 Å². The summed E-state index contributed by atoms with van der Waals surface area (Å²) in [7, 11) is 0. The molecule has 2 aromatic heterocycles. The molecule has 0 saturated carbocycles. The first-order valence-electron chi connectivity index (χ1n) is 10.8. The maximum atomic E-state index is 12.9. The third kappa shape index (κ3) is 4.40. The minimum absolute atomic E-state index is 0.0662. The summed E-state index contributed by atoms with van der Waals surface area (Å²) >= 11 is 1.86. The number of hydrogen-bond acceptors (Lipinski definition) is 4. The van der Waals surface area contributed by atoms with E-state index in [9.17, 15) is 4.79 Å². The van der Waals surface area contributed by atoms with Crippen LogP contribution in [0.25, 0.3) is 5.52 Å². The van der Waals surface area contributed by atoms with Crippen LogP contribution in [0.2, 0.25) is 0 Å². The van der Waals surface area contributed by atoms with Crippen molar-refractivity contribution in [1.82, 2.24) is 18.8 Å². The molecule has 30 heavy (non-hydrogen) atoms. The minimum atomic E-state index is 0.0662. The first kappa shape index (κ1) is 20.9. The van der Waals surface area contributed by atoms with Crippen molar-refractivity contribution in [2.45, 2.75) is 44.4 Å². The van der Waals surface area contributed by atoms with Crippen molar-refractivity contribution in [3.63, 3.8) is 0 Å². The molecule has 0 atom stereocenters. The summed E-state index contributed by atoms with van der Waals surface area (Å²) in [6, 6.07) is 13.1. The first-order valence-corrected chi connectivity index (χ1v) is 11.6. The largest absolute Gasteiger partial charge is 0.339 e. The second kappa shape index (κ2) is 9.23. The number of carbonyl (C=O) groups excluding carboxylic acids is 1. The van der Waals surface area contributed by atoms with Gasteiger partial charge in [0.05, 0.1) is 17.3 Å². The number of rotatable bonds is 6. The van der Waals surface area contributed by atoms with Crippen molar-refractivity contribution in [2.24, 2.45) is 0 Å². The average Bonchev–Trinajstić information content (AvgIpc) is 3.20. The fraction of sp³-hybridized carbons (Fsp3) is 0.417. The molecule has 0 N–H and O–H groups in total. The lowest BCUT2D eigenvalue weighted by atomic mass is 9.90. The van der Waals surface area contributed by atoms with Gasteiger partial charge in [-0.3, -0.25) is 4.79 Å². The number of nitrogens with zero attached hydrogens (tertiary/aromatic N) is 4. The summed E-state index contributed by atoms with van der Waals surface area (Å²) in [4.78, 5) is 16.0. The Morgan fingerprint density at radius 3 is 2.50 bits per heavy atom. The van der Waals surface area contributed by atoms with E-state index in [4.69, 9.17) is 0 Å². The zero-order valence-electron chi connectivity index (χ0n) is 18.0. The number of aryl methyl sites for hydroxylation is 1. The molecule has 3 aromatic rings. The van der Waals surface area contributed by atoms with Crippen LogP contribution < -0.4 is 0 Å². The molecule has 1 amide bonds. The number of benzene rings is 1. The Kier molecular flexibility index (Phi) is 6.44. The fourth-order valence-electron chi connectivity index (χ4n) is 4.13. The second-order valence-corrected chi connectivity index (χ2v) is 9.10. The van der Waals surface area contributed by atoms with Gasteiger partial charge in [0.25, 0.3) is 5.91 Å². The van der Waals surface area contributed by atoms with Crippen LogP contribution in [0.3, 0.4) is 0 Å². The summed E-state index contributed by atoms with van der Waals surface area (Å²) in [6.45, 7) is 9.71. The lowest BCUT2D eigenvalue weighted by Crippen LogP contribution is -2.30. The van der Waals surface area contributed by atoms with Gasteiger partial charge in [0.1, 0.15) is 0 Å². The Morgan fingerprint density at radius 1 is 1.13 bits per heavy atom. The standard InChI is InChI=1S/C24H30N4OS/c1-4-26(5-2)24(29)22-17-25-28-15-12-20(16-23(22)28)19-10-13-27(14-11-19)30-21-8-6-18(3)7-9-21/h6-9,12,15-17,19H,4-5,10-11,13-14H2,1-3H3. The molecule has 0 radical (unpaired) electrons. The van der Waals surface area contributed by atoms with E-state index in [-0.39, 0.29) is 5.91 Å². The van der Waals surface area contributed by atoms with Gasteiger partial charge in [-0.1, -0.05) is 17.7 Å². The molecule has 1 aliphatic heterocycles. The van der Waals surface area contributed by atoms with E-state index in [1.54, 1.807) is 6.20 Å². The number of aromatic nitrogens is 2. The number of carbonyl (C=O) groups is 1. The normalized spacial score (nSPS) is 15.6. The molecule has 1 aliphatic rings. The summed E-state index contributed by atoms with van der Waals surface area (Å²) < 4.78 is 4.29. The summed E-state index contributed by atoms with van der Waals surface area (Å²) in [5.74, 6) is 0.590. The highest BCUT2D eigenvalue weighted by atomic mass is 32.2. The Balaban J connectivity index is 1.46. The highest BCUT2D eigenvalue weighted by Gasteiger charge is 2.23. The molecule has 0 spiro atoms. The number of amides is 1. The van der Waals surface area contributed by atoms with Crippen LogP contribution in [0.1, 0.15) is 54.1 Å². The van der Waals surface area contributed by atoms with Crippen molar-refractivity contribution in [1.29, 1.82) is 0 Å². The quantitative estimate of drug-likeness (QED) is 0.524. The number of piperidine rings is 1. The topological polar surface area (TPSA) is 40.9 Å². The van der Waals surface area contributed by atoms with Crippen LogP contribution in [-0.4, -0.2) is 50.9 Å². The monoisotopic (exact) mass is 422 g/mol. The molecule has 1 aromatic carbocycles. The Labute approximate surface area is 183 Å². The van der Waals surface area contributed by atoms with Crippen LogP contribution in [-0.2, 0) is 0 Å². The van der Waals surface area contributed by atoms with Crippen molar-refractivity contribution in [2.75, 3.05) is 26.2 Å². The van der Waals surface area contributed by atoms with Gasteiger partial charge in [0.15, 0.2) is 0 Å². The lowest BCUT2D eigenvalue weighted by Gasteiger charge is -2.31. The van der Waals surface area contributed by atoms with Gasteiger partial charge in [0.2, 0.25) is 0 Å². The molecule has 0 bridgehead atoms. The first-order chi connectivity index (χ1) is 14.6. The van der Waals surface area contributed by atoms with E-state index in [0.29, 0.717) is 24.6 Å². The van der Waals surface area contributed by atoms with Gasteiger partial charge in [-0.15, -0.1) is 0 Å². The third-order valence-corrected chi connectivity index (χ3v) is 7.11. The predicted molar refractivity (Wildman–Crippen MR) is 123 cm³/mol. The van der Waals surface area contributed by atoms with Gasteiger partial charge in [-0.25, -0.2) is 8.82 Å². The number of fused-ring (bicyclic) bond motifs is 1. The van der Waals surface area contributed by atoms with E-state index in [1.807, 2.05) is 41.4 Å². The second-order valence-electron chi connectivity index (χ2n) is 7.93. The molecule has 158 valence electrons. The molecule has 1 fully saturated rings. The van der Waals surface area contributed by atoms with Crippen LogP contribution in [0.15, 0.2) is 53.7 Å². The Hall–Kier alpha value is -2.31. The van der Waals surface area contributed by atoms with E-state index in [2.05, 4.69) is 52.7 Å². The van der Waals surface area contributed by atoms with Gasteiger partial charge in [-0.05, 0) is 81.3 Å². The van der Waals surface area contributed by atoms with E-state index in [1.165, 1.54) is 16.0 Å². The van der Waals surface area contributed by atoms with E-state index in [0.717, 1.165) is 31.4 Å². The zero-order chi connectivity index (χ0) is 21.1. The van der Waals surface area contributed by atoms with Crippen LogP contribution in [0.5, 0.6) is 0 Å². The molecular weight excluding hydrogens is 392 g/mol. The predicted octanol–water partition coefficient (Wildman–Crippen LogP) is 5.01. The Morgan fingerprint density at radius 2 is 1.83 bits per heavy atom. The van der Waals surface area contributed by atoms with Crippen molar-refractivity contribution in [3.8, 4) is 0 Å². The summed E-state index contributed by atoms with van der Waals surface area (Å²) in [5, 5.41) is 4.40. The van der Waals surface area contributed by atoms with Gasteiger partial charge >= 0.3 is 0 Å². The van der Waals surface area contributed by atoms with Crippen LogP contribution in [0.4, 0.5) is 0 Å². The van der Waals surface area contributed by atoms with Gasteiger partial charge < -0.3 is 4.90 Å². The SMILES string of the molecule is CCN(CC)C(=O)c1cnn2ccc(C3CCN(Sc4ccc(C)cc4)CC3)cc12. The lowest BCUT2D eigenvalue weighted by molar-refractivity contribution is 0.0775. The zero-order valence-corrected chi connectivity index (χ0v) is 18.9. The van der Waals surface area contributed by atoms with E-state index >= 15 is 0 Å². The molecule has 0 aliphatic carbocycles. The van der Waals surface area contributed by atoms with Crippen molar-refractivity contribution >= 4 is 23.4 Å². The highest BCUT2D eigenvalue weighted by molar-refractivity contribution is 7.97. The van der Waals surface area contributed by atoms with Crippen LogP contribution in [0, 0.1) is 6.92 Å². The summed E-state index contributed by atoms with van der Waals surface area (Å²) in [6.07, 6.45) is 5.96. The summed E-state index contributed by atoms with van der Waals surface area (Å²) in [5.41, 5.74) is 4.23. The molecule has 0 unspecified atom stereocenters. The highest BCUT2D eigenvalue weighted by Crippen LogP contribution is 2.34. The molecule has 4 rings (SSSR count). The van der Waals surface area contributed by atoms with Gasteiger partial charge in [0, 0.05) is 37.3 Å². The molecular formula is C24H30N4OS.